The zero-order chi connectivity index (χ0) is 15.1. The Bertz CT molecular complexity index is 619. The fourth-order valence-electron chi connectivity index (χ4n) is 1.77. The van der Waals surface area contributed by atoms with E-state index in [9.17, 15) is 4.79 Å². The van der Waals surface area contributed by atoms with Crippen LogP contribution >= 0.6 is 34.4 Å². The summed E-state index contributed by atoms with van der Waals surface area (Å²) in [6.45, 7) is 0. The normalized spacial score (nSPS) is 10.2. The number of amides is 1. The molecule has 0 spiro atoms. The fourth-order valence-corrected chi connectivity index (χ4v) is 3.07. The molecule has 2 rings (SSSR count). The average molecular weight is 413 g/mol. The van der Waals surface area contributed by atoms with E-state index in [1.807, 2.05) is 48.5 Å². The SMILES string of the molecule is COc1cccc(CSCC(=O)Nc2ccccc2I)c1. The van der Waals surface area contributed by atoms with Crippen molar-refractivity contribution < 1.29 is 9.53 Å². The van der Waals surface area contributed by atoms with Crippen LogP contribution in [0.2, 0.25) is 0 Å². The summed E-state index contributed by atoms with van der Waals surface area (Å²) < 4.78 is 6.23. The molecule has 3 nitrogen and oxygen atoms in total. The minimum Gasteiger partial charge on any atom is -0.497 e. The Morgan fingerprint density at radius 2 is 2.05 bits per heavy atom. The van der Waals surface area contributed by atoms with Crippen LogP contribution in [0.1, 0.15) is 5.56 Å². The Morgan fingerprint density at radius 3 is 2.81 bits per heavy atom. The van der Waals surface area contributed by atoms with Crippen LogP contribution in [0.15, 0.2) is 48.5 Å². The van der Waals surface area contributed by atoms with E-state index in [4.69, 9.17) is 4.74 Å². The summed E-state index contributed by atoms with van der Waals surface area (Å²) in [6.07, 6.45) is 0. The summed E-state index contributed by atoms with van der Waals surface area (Å²) in [5, 5.41) is 2.93. The van der Waals surface area contributed by atoms with Crippen molar-refractivity contribution in [2.45, 2.75) is 5.75 Å². The van der Waals surface area contributed by atoms with Gasteiger partial charge >= 0.3 is 0 Å². The highest BCUT2D eigenvalue weighted by Gasteiger charge is 2.05. The number of carbonyl (C=O) groups is 1. The van der Waals surface area contributed by atoms with E-state index in [-0.39, 0.29) is 5.91 Å². The topological polar surface area (TPSA) is 38.3 Å². The minimum absolute atomic E-state index is 0.0204. The van der Waals surface area contributed by atoms with Crippen LogP contribution in [-0.4, -0.2) is 18.8 Å². The van der Waals surface area contributed by atoms with E-state index in [0.717, 1.165) is 26.3 Å². The van der Waals surface area contributed by atoms with Gasteiger partial charge in [-0.1, -0.05) is 24.3 Å². The maximum atomic E-state index is 11.9. The number of methoxy groups -OCH3 is 1. The summed E-state index contributed by atoms with van der Waals surface area (Å²) in [7, 11) is 1.65. The van der Waals surface area contributed by atoms with Crippen LogP contribution in [-0.2, 0) is 10.5 Å². The average Bonchev–Trinajstić information content (AvgIpc) is 2.50. The number of ether oxygens (including phenoxy) is 1. The number of hydrogen-bond acceptors (Lipinski definition) is 3. The van der Waals surface area contributed by atoms with E-state index in [1.54, 1.807) is 18.9 Å². The number of nitrogens with one attached hydrogen (secondary N) is 1. The van der Waals surface area contributed by atoms with Gasteiger partial charge in [-0.3, -0.25) is 4.79 Å². The van der Waals surface area contributed by atoms with Gasteiger partial charge in [-0.2, -0.15) is 0 Å². The van der Waals surface area contributed by atoms with Crippen molar-refractivity contribution in [2.24, 2.45) is 0 Å². The molecule has 0 aromatic heterocycles. The lowest BCUT2D eigenvalue weighted by Crippen LogP contribution is -2.14. The molecule has 2 aromatic carbocycles. The van der Waals surface area contributed by atoms with Crippen LogP contribution in [0.3, 0.4) is 0 Å². The number of hydrogen-bond donors (Lipinski definition) is 1. The van der Waals surface area contributed by atoms with Crippen molar-refractivity contribution in [1.29, 1.82) is 0 Å². The van der Waals surface area contributed by atoms with Gasteiger partial charge in [0.1, 0.15) is 5.75 Å². The molecule has 21 heavy (non-hydrogen) atoms. The smallest absolute Gasteiger partial charge is 0.234 e. The van der Waals surface area contributed by atoms with Crippen molar-refractivity contribution in [3.63, 3.8) is 0 Å². The first-order chi connectivity index (χ1) is 10.2. The van der Waals surface area contributed by atoms with Crippen molar-refractivity contribution in [2.75, 3.05) is 18.2 Å². The molecule has 0 saturated heterocycles. The molecular formula is C16H16INO2S. The first kappa shape index (κ1) is 16.2. The number of para-hydroxylation sites is 1. The van der Waals surface area contributed by atoms with Crippen LogP contribution in [0, 0.1) is 3.57 Å². The molecule has 0 unspecified atom stereocenters. The molecular weight excluding hydrogens is 397 g/mol. The molecule has 0 saturated carbocycles. The summed E-state index contributed by atoms with van der Waals surface area (Å²) in [4.78, 5) is 11.9. The lowest BCUT2D eigenvalue weighted by molar-refractivity contribution is -0.113. The second-order valence-corrected chi connectivity index (χ2v) is 6.52. The molecule has 1 amide bonds. The minimum atomic E-state index is 0.0204. The summed E-state index contributed by atoms with van der Waals surface area (Å²) in [6, 6.07) is 15.7. The maximum Gasteiger partial charge on any atom is 0.234 e. The Balaban J connectivity index is 1.80. The number of anilines is 1. The van der Waals surface area contributed by atoms with Gasteiger partial charge in [0.15, 0.2) is 0 Å². The van der Waals surface area contributed by atoms with E-state index in [1.165, 1.54) is 0 Å². The lowest BCUT2D eigenvalue weighted by atomic mass is 10.2. The largest absolute Gasteiger partial charge is 0.497 e. The highest BCUT2D eigenvalue weighted by molar-refractivity contribution is 14.1. The van der Waals surface area contributed by atoms with Crippen LogP contribution in [0.25, 0.3) is 0 Å². The van der Waals surface area contributed by atoms with Gasteiger partial charge in [-0.15, -0.1) is 11.8 Å². The predicted molar refractivity (Wildman–Crippen MR) is 96.9 cm³/mol. The van der Waals surface area contributed by atoms with Gasteiger partial charge in [-0.05, 0) is 52.4 Å². The molecule has 0 aliphatic carbocycles. The highest BCUT2D eigenvalue weighted by atomic mass is 127. The standard InChI is InChI=1S/C16H16INO2S/c1-20-13-6-4-5-12(9-13)10-21-11-16(19)18-15-8-3-2-7-14(15)17/h2-9H,10-11H2,1H3,(H,18,19). The molecule has 0 radical (unpaired) electrons. The molecule has 0 heterocycles. The molecule has 0 bridgehead atoms. The first-order valence-electron chi connectivity index (χ1n) is 6.44. The summed E-state index contributed by atoms with van der Waals surface area (Å²) in [5.74, 6) is 2.09. The van der Waals surface area contributed by atoms with Gasteiger partial charge in [-0.25, -0.2) is 0 Å². The van der Waals surface area contributed by atoms with Crippen LogP contribution < -0.4 is 10.1 Å². The maximum absolute atomic E-state index is 11.9. The second kappa shape index (κ2) is 8.29. The van der Waals surface area contributed by atoms with Crippen molar-refractivity contribution in [1.82, 2.24) is 0 Å². The monoisotopic (exact) mass is 413 g/mol. The zero-order valence-corrected chi connectivity index (χ0v) is 14.6. The molecule has 1 N–H and O–H groups in total. The van der Waals surface area contributed by atoms with Crippen molar-refractivity contribution in [3.05, 3.63) is 57.7 Å². The van der Waals surface area contributed by atoms with Crippen LogP contribution in [0.4, 0.5) is 5.69 Å². The third-order valence-electron chi connectivity index (χ3n) is 2.78. The quantitative estimate of drug-likeness (QED) is 0.723. The highest BCUT2D eigenvalue weighted by Crippen LogP contribution is 2.19. The number of rotatable bonds is 6. The van der Waals surface area contributed by atoms with E-state index >= 15 is 0 Å². The van der Waals surface area contributed by atoms with Gasteiger partial charge < -0.3 is 10.1 Å². The summed E-state index contributed by atoms with van der Waals surface area (Å²) >= 11 is 3.80. The Labute approximate surface area is 142 Å². The number of benzene rings is 2. The lowest BCUT2D eigenvalue weighted by Gasteiger charge is -2.07. The Morgan fingerprint density at radius 1 is 1.24 bits per heavy atom. The summed E-state index contributed by atoms with van der Waals surface area (Å²) in [5.41, 5.74) is 2.02. The van der Waals surface area contributed by atoms with E-state index < -0.39 is 0 Å². The third kappa shape index (κ3) is 5.24. The number of thioether (sulfide) groups is 1. The molecule has 0 aliphatic rings. The molecule has 5 heteroatoms. The van der Waals surface area contributed by atoms with Gasteiger partial charge in [0.05, 0.1) is 18.6 Å². The Kier molecular flexibility index (Phi) is 6.38. The van der Waals surface area contributed by atoms with Crippen molar-refractivity contribution in [3.8, 4) is 5.75 Å². The number of halogens is 1. The van der Waals surface area contributed by atoms with Crippen LogP contribution in [0.5, 0.6) is 5.75 Å². The molecule has 110 valence electrons. The van der Waals surface area contributed by atoms with Gasteiger partial charge in [0, 0.05) is 9.32 Å². The van der Waals surface area contributed by atoms with Crippen molar-refractivity contribution >= 4 is 45.9 Å². The first-order valence-corrected chi connectivity index (χ1v) is 8.67. The van der Waals surface area contributed by atoms with Gasteiger partial charge in [0.2, 0.25) is 5.91 Å². The third-order valence-corrected chi connectivity index (χ3v) is 4.73. The molecule has 0 fully saturated rings. The number of carbonyl (C=O) groups excluding carboxylic acids is 1. The zero-order valence-electron chi connectivity index (χ0n) is 11.6. The van der Waals surface area contributed by atoms with E-state index in [0.29, 0.717) is 5.75 Å². The second-order valence-electron chi connectivity index (χ2n) is 4.37. The predicted octanol–water partition coefficient (Wildman–Crippen LogP) is 4.17. The fraction of sp³-hybridized carbons (Fsp3) is 0.188. The molecule has 0 aliphatic heterocycles. The molecule has 0 atom stereocenters. The van der Waals surface area contributed by atoms with Gasteiger partial charge in [0.25, 0.3) is 0 Å². The molecule has 2 aromatic rings. The van der Waals surface area contributed by atoms with E-state index in [2.05, 4.69) is 27.9 Å². The Hall–Kier alpha value is -1.21.